The highest BCUT2D eigenvalue weighted by Crippen LogP contribution is 2.17. The van der Waals surface area contributed by atoms with Crippen LogP contribution in [0.1, 0.15) is 30.6 Å². The van der Waals surface area contributed by atoms with E-state index in [2.05, 4.69) is 20.5 Å². The van der Waals surface area contributed by atoms with Crippen LogP contribution in [0.2, 0.25) is 0 Å². The quantitative estimate of drug-likeness (QED) is 0.747. The number of rotatable bonds is 6. The monoisotopic (exact) mass is 337 g/mol. The Labute approximate surface area is 145 Å². The Balaban J connectivity index is 1.74. The molecular formula is C18H19N5O2. The van der Waals surface area contributed by atoms with Crippen molar-refractivity contribution in [1.82, 2.24) is 19.7 Å². The molecule has 3 aromatic rings. The molecule has 25 heavy (non-hydrogen) atoms. The third kappa shape index (κ3) is 4.20. The number of amides is 1. The Morgan fingerprint density at radius 2 is 2.04 bits per heavy atom. The van der Waals surface area contributed by atoms with Crippen molar-refractivity contribution in [2.75, 3.05) is 5.32 Å². The topological polar surface area (TPSA) is 81.9 Å². The van der Waals surface area contributed by atoms with Crippen molar-refractivity contribution in [3.8, 4) is 11.6 Å². The summed E-state index contributed by atoms with van der Waals surface area (Å²) in [7, 11) is 0. The van der Waals surface area contributed by atoms with Crippen LogP contribution in [-0.4, -0.2) is 31.8 Å². The van der Waals surface area contributed by atoms with Crippen LogP contribution in [0.15, 0.2) is 55.2 Å². The molecule has 2 aromatic heterocycles. The molecule has 1 N–H and O–H groups in total. The van der Waals surface area contributed by atoms with Crippen LogP contribution in [0.25, 0.3) is 5.69 Å². The van der Waals surface area contributed by atoms with Gasteiger partial charge in [0.05, 0.1) is 11.8 Å². The van der Waals surface area contributed by atoms with Gasteiger partial charge in [0.2, 0.25) is 5.88 Å². The second-order valence-corrected chi connectivity index (χ2v) is 5.59. The van der Waals surface area contributed by atoms with E-state index in [1.807, 2.05) is 38.1 Å². The lowest BCUT2D eigenvalue weighted by atomic mass is 10.2. The van der Waals surface area contributed by atoms with Gasteiger partial charge in [-0.3, -0.25) is 9.36 Å². The molecule has 2 heterocycles. The molecule has 7 heteroatoms. The molecule has 128 valence electrons. The fraction of sp³-hybridized carbons (Fsp3) is 0.222. The number of aromatic nitrogens is 4. The van der Waals surface area contributed by atoms with Crippen molar-refractivity contribution in [2.24, 2.45) is 0 Å². The van der Waals surface area contributed by atoms with E-state index in [4.69, 9.17) is 4.74 Å². The molecule has 0 saturated heterocycles. The number of carbonyl (C=O) groups is 1. The maximum absolute atomic E-state index is 12.5. The van der Waals surface area contributed by atoms with Gasteiger partial charge in [-0.25, -0.2) is 4.98 Å². The Morgan fingerprint density at radius 1 is 1.24 bits per heavy atom. The van der Waals surface area contributed by atoms with E-state index in [1.54, 1.807) is 35.6 Å². The van der Waals surface area contributed by atoms with Gasteiger partial charge in [-0.1, -0.05) is 13.0 Å². The Kier molecular flexibility index (Phi) is 5.03. The summed E-state index contributed by atoms with van der Waals surface area (Å²) in [5.74, 6) is 0.220. The van der Waals surface area contributed by atoms with E-state index in [1.165, 1.54) is 0 Å². The summed E-state index contributed by atoms with van der Waals surface area (Å²) < 4.78 is 7.43. The highest BCUT2D eigenvalue weighted by atomic mass is 16.5. The molecule has 3 rings (SSSR count). The summed E-state index contributed by atoms with van der Waals surface area (Å²) >= 11 is 0. The third-order valence-electron chi connectivity index (χ3n) is 3.71. The number of benzene rings is 1. The molecule has 0 saturated carbocycles. The number of ether oxygens (including phenoxy) is 1. The second kappa shape index (κ2) is 7.57. The fourth-order valence-corrected chi connectivity index (χ4v) is 2.19. The van der Waals surface area contributed by atoms with Crippen LogP contribution >= 0.6 is 0 Å². The van der Waals surface area contributed by atoms with Crippen LogP contribution < -0.4 is 10.1 Å². The average Bonchev–Trinajstić information content (AvgIpc) is 3.17. The Hall–Kier alpha value is -3.22. The van der Waals surface area contributed by atoms with Crippen molar-refractivity contribution in [1.29, 1.82) is 0 Å². The van der Waals surface area contributed by atoms with Crippen molar-refractivity contribution in [3.05, 3.63) is 60.8 Å². The van der Waals surface area contributed by atoms with Gasteiger partial charge in [0.15, 0.2) is 0 Å². The highest BCUT2D eigenvalue weighted by molar-refractivity contribution is 6.04. The predicted molar refractivity (Wildman–Crippen MR) is 93.9 cm³/mol. The smallest absolute Gasteiger partial charge is 0.255 e. The molecule has 0 aliphatic rings. The number of hydrogen-bond acceptors (Lipinski definition) is 5. The summed E-state index contributed by atoms with van der Waals surface area (Å²) in [6.07, 6.45) is 5.69. The van der Waals surface area contributed by atoms with E-state index in [9.17, 15) is 4.79 Å². The lowest BCUT2D eigenvalue weighted by molar-refractivity contribution is 0.102. The van der Waals surface area contributed by atoms with E-state index in [0.717, 1.165) is 12.1 Å². The van der Waals surface area contributed by atoms with Gasteiger partial charge in [-0.05, 0) is 37.6 Å². The number of anilines is 1. The van der Waals surface area contributed by atoms with Crippen LogP contribution in [0, 0.1) is 0 Å². The molecule has 1 unspecified atom stereocenters. The standard InChI is InChI=1S/C18H19N5O2/c1-3-13(2)25-17-9-14(7-8-19-17)18(24)22-15-5-4-6-16(10-15)23-11-20-21-12-23/h4-13H,3H2,1-2H3,(H,22,24). The van der Waals surface area contributed by atoms with Crippen LogP contribution in [0.5, 0.6) is 5.88 Å². The van der Waals surface area contributed by atoms with E-state index in [-0.39, 0.29) is 12.0 Å². The van der Waals surface area contributed by atoms with Gasteiger partial charge >= 0.3 is 0 Å². The zero-order valence-corrected chi connectivity index (χ0v) is 14.1. The zero-order valence-electron chi connectivity index (χ0n) is 14.1. The van der Waals surface area contributed by atoms with Gasteiger partial charge in [-0.2, -0.15) is 0 Å². The van der Waals surface area contributed by atoms with E-state index in [0.29, 0.717) is 17.1 Å². The minimum absolute atomic E-state index is 0.0475. The van der Waals surface area contributed by atoms with Crippen molar-refractivity contribution >= 4 is 11.6 Å². The van der Waals surface area contributed by atoms with Gasteiger partial charge < -0.3 is 10.1 Å². The molecular weight excluding hydrogens is 318 g/mol. The van der Waals surface area contributed by atoms with Gasteiger partial charge in [0.1, 0.15) is 12.7 Å². The first-order valence-electron chi connectivity index (χ1n) is 8.05. The number of nitrogens with one attached hydrogen (secondary N) is 1. The number of nitrogens with zero attached hydrogens (tertiary/aromatic N) is 4. The highest BCUT2D eigenvalue weighted by Gasteiger charge is 2.10. The maximum atomic E-state index is 12.5. The fourth-order valence-electron chi connectivity index (χ4n) is 2.19. The first-order valence-corrected chi connectivity index (χ1v) is 8.05. The second-order valence-electron chi connectivity index (χ2n) is 5.59. The van der Waals surface area contributed by atoms with Crippen molar-refractivity contribution < 1.29 is 9.53 Å². The summed E-state index contributed by atoms with van der Waals surface area (Å²) in [5, 5.41) is 10.4. The molecule has 0 aliphatic carbocycles. The lowest BCUT2D eigenvalue weighted by Crippen LogP contribution is -2.14. The normalized spacial score (nSPS) is 11.8. The molecule has 0 aliphatic heterocycles. The summed E-state index contributed by atoms with van der Waals surface area (Å²) in [4.78, 5) is 16.6. The summed E-state index contributed by atoms with van der Waals surface area (Å²) in [6.45, 7) is 3.99. The van der Waals surface area contributed by atoms with Gasteiger partial charge in [-0.15, -0.1) is 10.2 Å². The average molecular weight is 337 g/mol. The molecule has 7 nitrogen and oxygen atoms in total. The lowest BCUT2D eigenvalue weighted by Gasteiger charge is -2.12. The van der Waals surface area contributed by atoms with E-state index >= 15 is 0 Å². The van der Waals surface area contributed by atoms with Gasteiger partial charge in [0.25, 0.3) is 5.91 Å². The first-order chi connectivity index (χ1) is 12.2. The zero-order chi connectivity index (χ0) is 17.6. The minimum atomic E-state index is -0.225. The molecule has 1 aromatic carbocycles. The van der Waals surface area contributed by atoms with Crippen LogP contribution in [0.3, 0.4) is 0 Å². The summed E-state index contributed by atoms with van der Waals surface area (Å²) in [6, 6.07) is 10.7. The molecule has 0 bridgehead atoms. The first kappa shape index (κ1) is 16.6. The Morgan fingerprint density at radius 3 is 2.80 bits per heavy atom. The predicted octanol–water partition coefficient (Wildman–Crippen LogP) is 3.09. The molecule has 1 atom stereocenters. The molecule has 0 fully saturated rings. The van der Waals surface area contributed by atoms with Crippen LogP contribution in [0.4, 0.5) is 5.69 Å². The molecule has 0 radical (unpaired) electrons. The molecule has 1 amide bonds. The number of pyridine rings is 1. The largest absolute Gasteiger partial charge is 0.475 e. The number of carbonyl (C=O) groups excluding carboxylic acids is 1. The Bertz CT molecular complexity index is 848. The minimum Gasteiger partial charge on any atom is -0.475 e. The van der Waals surface area contributed by atoms with Crippen molar-refractivity contribution in [2.45, 2.75) is 26.4 Å². The maximum Gasteiger partial charge on any atom is 0.255 e. The van der Waals surface area contributed by atoms with Crippen LogP contribution in [-0.2, 0) is 0 Å². The number of hydrogen-bond donors (Lipinski definition) is 1. The third-order valence-corrected chi connectivity index (χ3v) is 3.71. The van der Waals surface area contributed by atoms with Crippen molar-refractivity contribution in [3.63, 3.8) is 0 Å². The molecule has 0 spiro atoms. The van der Waals surface area contributed by atoms with E-state index < -0.39 is 0 Å². The van der Waals surface area contributed by atoms with Gasteiger partial charge in [0, 0.05) is 23.5 Å². The SMILES string of the molecule is CCC(C)Oc1cc(C(=O)Nc2cccc(-n3cnnc3)c2)ccn1. The summed E-state index contributed by atoms with van der Waals surface area (Å²) in [5.41, 5.74) is 2.03.